The third-order valence-corrected chi connectivity index (χ3v) is 4.16. The number of nitrogens with zero attached hydrogens (tertiary/aromatic N) is 3. The van der Waals surface area contributed by atoms with Gasteiger partial charge in [-0.1, -0.05) is 12.2 Å². The molecule has 6 heteroatoms. The van der Waals surface area contributed by atoms with Crippen LogP contribution in [0.5, 0.6) is 0 Å². The Kier molecular flexibility index (Phi) is 5.08. The number of nitrogens with one attached hydrogen (secondary N) is 1. The predicted octanol–water partition coefficient (Wildman–Crippen LogP) is -0.393. The van der Waals surface area contributed by atoms with Crippen LogP contribution in [0.3, 0.4) is 0 Å². The molecule has 0 radical (unpaired) electrons. The number of hydrogen-bond donors (Lipinski definition) is 1. The second-order valence-electron chi connectivity index (χ2n) is 5.48. The summed E-state index contributed by atoms with van der Waals surface area (Å²) in [7, 11) is 0. The van der Waals surface area contributed by atoms with E-state index in [1.165, 1.54) is 4.90 Å². The van der Waals surface area contributed by atoms with Crippen molar-refractivity contribution in [3.63, 3.8) is 0 Å². The lowest BCUT2D eigenvalue weighted by Gasteiger charge is -2.22. The Morgan fingerprint density at radius 2 is 1.52 bits per heavy atom. The van der Waals surface area contributed by atoms with Crippen LogP contribution in [0.25, 0.3) is 0 Å². The first-order valence-electron chi connectivity index (χ1n) is 7.26. The highest BCUT2D eigenvalue weighted by Crippen LogP contribution is 2.34. The van der Waals surface area contributed by atoms with Crippen LogP contribution in [-0.2, 0) is 9.59 Å². The van der Waals surface area contributed by atoms with Crippen LogP contribution < -0.4 is 4.90 Å². The first kappa shape index (κ1) is 15.2. The average Bonchev–Trinajstić information content (AvgIpc) is 2.75. The number of likely N-dealkylation sites (tertiary alicyclic amines) is 1. The number of quaternary nitrogens is 1. The van der Waals surface area contributed by atoms with Crippen molar-refractivity contribution in [1.29, 1.82) is 10.5 Å². The summed E-state index contributed by atoms with van der Waals surface area (Å²) in [6.07, 6.45) is 5.91. The molecule has 2 amide bonds. The molecular formula is C15H19N4O2+. The number of rotatable bonds is 6. The van der Waals surface area contributed by atoms with Crippen molar-refractivity contribution in [3.05, 3.63) is 12.2 Å². The van der Waals surface area contributed by atoms with E-state index >= 15 is 0 Å². The highest BCUT2D eigenvalue weighted by molar-refractivity contribution is 6.05. The normalized spacial score (nSPS) is 24.0. The van der Waals surface area contributed by atoms with E-state index in [4.69, 9.17) is 10.5 Å². The maximum absolute atomic E-state index is 12.4. The molecule has 0 bridgehead atoms. The Morgan fingerprint density at radius 1 is 1.05 bits per heavy atom. The summed E-state index contributed by atoms with van der Waals surface area (Å²) < 4.78 is 0. The monoisotopic (exact) mass is 287 g/mol. The lowest BCUT2D eigenvalue weighted by atomic mass is 9.85. The Hall–Kier alpha value is -2.18. The van der Waals surface area contributed by atoms with E-state index in [9.17, 15) is 9.59 Å². The number of amides is 2. The van der Waals surface area contributed by atoms with Gasteiger partial charge in [0.1, 0.15) is 0 Å². The fraction of sp³-hybridized carbons (Fsp3) is 0.600. The predicted molar refractivity (Wildman–Crippen MR) is 73.2 cm³/mol. The quantitative estimate of drug-likeness (QED) is 0.532. The number of fused-ring (bicyclic) bond motifs is 1. The van der Waals surface area contributed by atoms with Gasteiger partial charge in [0.25, 0.3) is 0 Å². The molecule has 1 saturated heterocycles. The fourth-order valence-corrected chi connectivity index (χ4v) is 3.00. The summed E-state index contributed by atoms with van der Waals surface area (Å²) in [6.45, 7) is 1.36. The molecule has 2 aliphatic rings. The van der Waals surface area contributed by atoms with Crippen molar-refractivity contribution in [2.75, 3.05) is 19.8 Å². The second-order valence-corrected chi connectivity index (χ2v) is 5.48. The van der Waals surface area contributed by atoms with Gasteiger partial charge in [-0.25, -0.2) is 4.90 Å². The van der Waals surface area contributed by atoms with Gasteiger partial charge >= 0.3 is 0 Å². The van der Waals surface area contributed by atoms with Crippen molar-refractivity contribution < 1.29 is 14.5 Å². The van der Waals surface area contributed by atoms with E-state index < -0.39 is 0 Å². The number of allylic oxidation sites excluding steroid dienone is 2. The largest absolute Gasteiger partial charge is 0.316 e. The molecule has 110 valence electrons. The highest BCUT2D eigenvalue weighted by Gasteiger charge is 2.48. The minimum absolute atomic E-state index is 0.0965. The topological polar surface area (TPSA) is 89.4 Å². The Labute approximate surface area is 124 Å². The number of imide groups is 1. The molecule has 6 nitrogen and oxygen atoms in total. The Morgan fingerprint density at radius 3 is 1.95 bits per heavy atom. The molecule has 1 aliphatic carbocycles. The molecule has 0 aromatic carbocycles. The van der Waals surface area contributed by atoms with Crippen LogP contribution in [0.4, 0.5) is 0 Å². The summed E-state index contributed by atoms with van der Waals surface area (Å²) in [5.74, 6) is -0.618. The number of carbonyl (C=O) groups is 2. The van der Waals surface area contributed by atoms with Crippen molar-refractivity contribution in [3.8, 4) is 12.1 Å². The van der Waals surface area contributed by atoms with Crippen molar-refractivity contribution in [2.45, 2.75) is 25.7 Å². The van der Waals surface area contributed by atoms with Crippen LogP contribution in [-0.4, -0.2) is 36.5 Å². The molecule has 0 aromatic heterocycles. The van der Waals surface area contributed by atoms with Crippen molar-refractivity contribution in [2.24, 2.45) is 11.8 Å². The van der Waals surface area contributed by atoms with Gasteiger partial charge in [-0.2, -0.15) is 10.5 Å². The lowest BCUT2D eigenvalue weighted by molar-refractivity contribution is -0.906. The Balaban J connectivity index is 2.03. The van der Waals surface area contributed by atoms with Gasteiger partial charge in [0.2, 0.25) is 11.8 Å². The van der Waals surface area contributed by atoms with Crippen molar-refractivity contribution in [1.82, 2.24) is 4.90 Å². The first-order valence-corrected chi connectivity index (χ1v) is 7.26. The molecule has 1 heterocycles. The third kappa shape index (κ3) is 3.29. The lowest BCUT2D eigenvalue weighted by Crippen LogP contribution is -3.13. The minimum atomic E-state index is -0.212. The molecule has 0 aromatic rings. The van der Waals surface area contributed by atoms with E-state index in [2.05, 4.69) is 12.1 Å². The average molecular weight is 287 g/mol. The van der Waals surface area contributed by atoms with Crippen LogP contribution in [0.2, 0.25) is 0 Å². The molecule has 21 heavy (non-hydrogen) atoms. The van der Waals surface area contributed by atoms with E-state index in [0.717, 1.165) is 4.90 Å². The molecule has 2 atom stereocenters. The van der Waals surface area contributed by atoms with Crippen molar-refractivity contribution >= 4 is 11.8 Å². The molecule has 1 fully saturated rings. The summed E-state index contributed by atoms with van der Waals surface area (Å²) in [5.41, 5.74) is 0. The van der Waals surface area contributed by atoms with Crippen LogP contribution in [0.1, 0.15) is 25.7 Å². The van der Waals surface area contributed by atoms with Gasteiger partial charge in [0, 0.05) is 0 Å². The Bertz CT molecular complexity index is 485. The molecule has 0 saturated carbocycles. The molecule has 0 unspecified atom stereocenters. The van der Waals surface area contributed by atoms with Crippen LogP contribution in [0, 0.1) is 34.5 Å². The number of carbonyl (C=O) groups excluding carboxylic acids is 2. The molecule has 0 spiro atoms. The van der Waals surface area contributed by atoms with E-state index in [-0.39, 0.29) is 30.3 Å². The highest BCUT2D eigenvalue weighted by atomic mass is 16.2. The van der Waals surface area contributed by atoms with Crippen LogP contribution >= 0.6 is 0 Å². The van der Waals surface area contributed by atoms with Gasteiger partial charge in [0.15, 0.2) is 6.67 Å². The summed E-state index contributed by atoms with van der Waals surface area (Å²) in [6, 6.07) is 4.14. The summed E-state index contributed by atoms with van der Waals surface area (Å²) >= 11 is 0. The SMILES string of the molecule is N#CCC[NH+](CCC#N)CN1C(=O)[C@H]2CC=CC[C@@H]2C1=O. The standard InChI is InChI=1S/C15H18N4O2/c16-7-3-9-18(10-4-8-17)11-19-14(20)12-5-1-2-6-13(12)15(19)21/h1-2,12-13H,3-6,9-11H2/p+1/t12-,13-/m0/s1. The van der Waals surface area contributed by atoms with E-state index in [1.54, 1.807) is 0 Å². The zero-order valence-corrected chi connectivity index (χ0v) is 11.9. The molecule has 1 aliphatic heterocycles. The maximum atomic E-state index is 12.4. The first-order chi connectivity index (χ1) is 10.2. The minimum Gasteiger partial charge on any atom is -0.316 e. The van der Waals surface area contributed by atoms with E-state index in [0.29, 0.717) is 38.8 Å². The smallest absolute Gasteiger partial charge is 0.237 e. The van der Waals surface area contributed by atoms with Crippen LogP contribution in [0.15, 0.2) is 12.2 Å². The van der Waals surface area contributed by atoms with Gasteiger partial charge < -0.3 is 4.90 Å². The molecular weight excluding hydrogens is 268 g/mol. The number of hydrogen-bond acceptors (Lipinski definition) is 4. The van der Waals surface area contributed by atoms with Gasteiger partial charge in [-0.3, -0.25) is 9.59 Å². The molecule has 1 N–H and O–H groups in total. The number of nitriles is 2. The van der Waals surface area contributed by atoms with Gasteiger partial charge in [-0.05, 0) is 12.8 Å². The zero-order chi connectivity index (χ0) is 15.2. The molecule has 2 rings (SSSR count). The summed E-state index contributed by atoms with van der Waals surface area (Å²) in [4.78, 5) is 27.0. The van der Waals surface area contributed by atoms with E-state index in [1.807, 2.05) is 12.2 Å². The third-order valence-electron chi connectivity index (χ3n) is 4.16. The summed E-state index contributed by atoms with van der Waals surface area (Å²) in [5, 5.41) is 17.4. The second kappa shape index (κ2) is 7.01. The zero-order valence-electron chi connectivity index (χ0n) is 11.9. The van der Waals surface area contributed by atoms with Gasteiger partial charge in [-0.15, -0.1) is 0 Å². The van der Waals surface area contributed by atoms with Gasteiger partial charge in [0.05, 0.1) is 49.9 Å². The fourth-order valence-electron chi connectivity index (χ4n) is 3.00. The maximum Gasteiger partial charge on any atom is 0.237 e.